The maximum absolute atomic E-state index is 11.3. The summed E-state index contributed by atoms with van der Waals surface area (Å²) >= 11 is 0. The van der Waals surface area contributed by atoms with Crippen LogP contribution in [-0.4, -0.2) is 13.3 Å². The Morgan fingerprint density at radius 2 is 1.47 bits per heavy atom. The molecule has 0 aliphatic rings. The van der Waals surface area contributed by atoms with Crippen LogP contribution in [-0.2, 0) is 11.2 Å². The van der Waals surface area contributed by atoms with Crippen molar-refractivity contribution in [3.63, 3.8) is 0 Å². The van der Waals surface area contributed by atoms with Crippen LogP contribution in [0.3, 0.4) is 0 Å². The fourth-order valence-electron chi connectivity index (χ4n) is 3.55. The third-order valence-corrected chi connectivity index (χ3v) is 5.56. The molecule has 3 aromatic carbocycles. The van der Waals surface area contributed by atoms with E-state index in [0.29, 0.717) is 0 Å². The summed E-state index contributed by atoms with van der Waals surface area (Å²) in [5.74, 6) is 0. The van der Waals surface area contributed by atoms with Gasteiger partial charge >= 0.3 is 0 Å². The van der Waals surface area contributed by atoms with E-state index in [1.807, 2.05) is 58.2 Å². The summed E-state index contributed by atoms with van der Waals surface area (Å²) < 4.78 is 0. The number of aryl methyl sites for hydroxylation is 3. The molecule has 0 saturated heterocycles. The molecule has 0 unspecified atom stereocenters. The van der Waals surface area contributed by atoms with Crippen LogP contribution in [0.15, 0.2) is 91.0 Å². The Balaban J connectivity index is 0.000000540. The van der Waals surface area contributed by atoms with Gasteiger partial charge in [-0.25, -0.2) is 0 Å². The summed E-state index contributed by atoms with van der Waals surface area (Å²) in [6.45, 7) is 14.1. The van der Waals surface area contributed by atoms with E-state index >= 15 is 0 Å². The van der Waals surface area contributed by atoms with E-state index in [1.54, 1.807) is 0 Å². The molecule has 0 bridgehead atoms. The number of carbonyl (C=O) groups excluding carboxylic acids is 1. The summed E-state index contributed by atoms with van der Waals surface area (Å²) in [7, 11) is 1.88. The van der Waals surface area contributed by atoms with Gasteiger partial charge in [0.1, 0.15) is 6.29 Å². The molecule has 2 heteroatoms. The number of allylic oxidation sites excluding steroid dienone is 2. The molecule has 0 fully saturated rings. The van der Waals surface area contributed by atoms with Gasteiger partial charge in [0.25, 0.3) is 0 Å². The summed E-state index contributed by atoms with van der Waals surface area (Å²) in [6, 6.07) is 27.0. The molecule has 0 amide bonds. The fourth-order valence-corrected chi connectivity index (χ4v) is 3.55. The molecule has 3 aromatic rings. The molecule has 0 radical (unpaired) electrons. The molecule has 0 aliphatic heterocycles. The lowest BCUT2D eigenvalue weighted by atomic mass is 9.92. The number of aldehydes is 1. The zero-order valence-corrected chi connectivity index (χ0v) is 21.8. The van der Waals surface area contributed by atoms with E-state index in [0.717, 1.165) is 48.0 Å². The van der Waals surface area contributed by atoms with Crippen molar-refractivity contribution in [2.75, 3.05) is 7.05 Å². The van der Waals surface area contributed by atoms with Gasteiger partial charge in [-0.2, -0.15) is 0 Å². The van der Waals surface area contributed by atoms with Gasteiger partial charge in [-0.1, -0.05) is 105 Å². The Morgan fingerprint density at radius 1 is 0.882 bits per heavy atom. The molecular formula is C32H41NO. The number of rotatable bonds is 8. The average Bonchev–Trinajstić information content (AvgIpc) is 2.89. The van der Waals surface area contributed by atoms with Gasteiger partial charge in [-0.15, -0.1) is 0 Å². The molecule has 180 valence electrons. The van der Waals surface area contributed by atoms with Crippen LogP contribution in [0.1, 0.15) is 61.4 Å². The Kier molecular flexibility index (Phi) is 13.7. The van der Waals surface area contributed by atoms with Crippen molar-refractivity contribution in [3.05, 3.63) is 119 Å². The van der Waals surface area contributed by atoms with Crippen LogP contribution in [0.5, 0.6) is 0 Å². The predicted molar refractivity (Wildman–Crippen MR) is 150 cm³/mol. The van der Waals surface area contributed by atoms with Crippen LogP contribution in [0.4, 0.5) is 0 Å². The molecule has 0 heterocycles. The molecule has 2 nitrogen and oxygen atoms in total. The Hall–Kier alpha value is -3.39. The molecule has 34 heavy (non-hydrogen) atoms. The second-order valence-electron chi connectivity index (χ2n) is 8.03. The van der Waals surface area contributed by atoms with Gasteiger partial charge in [0.2, 0.25) is 0 Å². The smallest absolute Gasteiger partial charge is 0.146 e. The van der Waals surface area contributed by atoms with Crippen molar-refractivity contribution in [3.8, 4) is 0 Å². The van der Waals surface area contributed by atoms with Crippen molar-refractivity contribution in [1.82, 2.24) is 5.32 Å². The Labute approximate surface area is 207 Å². The summed E-state index contributed by atoms with van der Waals surface area (Å²) in [4.78, 5) is 11.3. The first-order chi connectivity index (χ1) is 16.5. The predicted octanol–water partition coefficient (Wildman–Crippen LogP) is 8.20. The lowest BCUT2D eigenvalue weighted by Crippen LogP contribution is -2.02. The van der Waals surface area contributed by atoms with Crippen LogP contribution < -0.4 is 5.32 Å². The number of benzene rings is 3. The lowest BCUT2D eigenvalue weighted by molar-refractivity contribution is -0.104. The van der Waals surface area contributed by atoms with Crippen molar-refractivity contribution in [1.29, 1.82) is 0 Å². The maximum Gasteiger partial charge on any atom is 0.146 e. The Morgan fingerprint density at radius 3 is 1.97 bits per heavy atom. The summed E-state index contributed by atoms with van der Waals surface area (Å²) in [5, 5.41) is 3.07. The lowest BCUT2D eigenvalue weighted by Gasteiger charge is -2.13. The van der Waals surface area contributed by atoms with Crippen LogP contribution in [0.25, 0.3) is 11.3 Å². The topological polar surface area (TPSA) is 29.1 Å². The average molecular weight is 456 g/mol. The van der Waals surface area contributed by atoms with E-state index < -0.39 is 0 Å². The number of hydrogen-bond donors (Lipinski definition) is 1. The van der Waals surface area contributed by atoms with Gasteiger partial charge < -0.3 is 5.32 Å². The van der Waals surface area contributed by atoms with Crippen LogP contribution in [0.2, 0.25) is 0 Å². The molecule has 0 aromatic heterocycles. The molecule has 0 spiro atoms. The van der Waals surface area contributed by atoms with Crippen LogP contribution in [0, 0.1) is 13.8 Å². The quantitative estimate of drug-likeness (QED) is 0.274. The largest absolute Gasteiger partial charge is 0.388 e. The summed E-state index contributed by atoms with van der Waals surface area (Å²) in [5.41, 5.74) is 9.06. The SMILES string of the molecule is C=C(NC)c1ccc(CCC/C(=C(/C)C=O)c2ccccc2C)cc1.CC.Cc1ccccc1. The highest BCUT2D eigenvalue weighted by molar-refractivity contribution is 5.88. The molecule has 0 atom stereocenters. The monoisotopic (exact) mass is 455 g/mol. The first kappa shape index (κ1) is 28.6. The number of nitrogens with one attached hydrogen (secondary N) is 1. The first-order valence-corrected chi connectivity index (χ1v) is 12.1. The minimum absolute atomic E-state index is 0.829. The highest BCUT2D eigenvalue weighted by atomic mass is 16.1. The standard InChI is InChI=1S/C23H27NO.C7H8.C2H6/c1-17-8-5-6-10-22(17)23(18(2)16-25)11-7-9-20-12-14-21(15-13-20)19(3)24-4;1-7-5-3-2-4-6-7;1-2/h5-6,8,10,12-16,24H,3,7,9,11H2,1-2,4H3;2-6H,1H3;1-2H3/b23-18+;;. The van der Waals surface area contributed by atoms with E-state index in [1.165, 1.54) is 22.3 Å². The van der Waals surface area contributed by atoms with Gasteiger partial charge in [-0.05, 0) is 73.4 Å². The third kappa shape index (κ3) is 9.62. The van der Waals surface area contributed by atoms with E-state index in [4.69, 9.17) is 0 Å². The zero-order valence-electron chi connectivity index (χ0n) is 21.8. The van der Waals surface area contributed by atoms with Gasteiger partial charge in [0, 0.05) is 12.7 Å². The van der Waals surface area contributed by atoms with Crippen molar-refractivity contribution in [2.45, 2.75) is 53.9 Å². The third-order valence-electron chi connectivity index (χ3n) is 5.56. The summed E-state index contributed by atoms with van der Waals surface area (Å²) in [6.07, 6.45) is 3.88. The maximum atomic E-state index is 11.3. The van der Waals surface area contributed by atoms with Gasteiger partial charge in [0.15, 0.2) is 0 Å². The van der Waals surface area contributed by atoms with Crippen molar-refractivity contribution >= 4 is 17.6 Å². The van der Waals surface area contributed by atoms with E-state index in [9.17, 15) is 4.79 Å². The highest BCUT2D eigenvalue weighted by Gasteiger charge is 2.08. The van der Waals surface area contributed by atoms with Crippen molar-refractivity contribution < 1.29 is 4.79 Å². The molecular weight excluding hydrogens is 414 g/mol. The highest BCUT2D eigenvalue weighted by Crippen LogP contribution is 2.27. The minimum atomic E-state index is 0.829. The van der Waals surface area contributed by atoms with E-state index in [-0.39, 0.29) is 0 Å². The van der Waals surface area contributed by atoms with Crippen molar-refractivity contribution in [2.24, 2.45) is 0 Å². The fraction of sp³-hybridized carbons (Fsp3) is 0.281. The zero-order chi connectivity index (χ0) is 25.3. The molecule has 1 N–H and O–H groups in total. The van der Waals surface area contributed by atoms with Gasteiger partial charge in [0.05, 0.1) is 0 Å². The minimum Gasteiger partial charge on any atom is -0.388 e. The van der Waals surface area contributed by atoms with Gasteiger partial charge in [-0.3, -0.25) is 4.79 Å². The van der Waals surface area contributed by atoms with E-state index in [2.05, 4.69) is 74.3 Å². The normalized spacial score (nSPS) is 10.5. The van der Waals surface area contributed by atoms with Crippen LogP contribution >= 0.6 is 0 Å². The number of carbonyl (C=O) groups is 1. The number of hydrogen-bond acceptors (Lipinski definition) is 2. The molecule has 0 aliphatic carbocycles. The Bertz CT molecular complexity index is 1030. The second-order valence-corrected chi connectivity index (χ2v) is 8.03. The first-order valence-electron chi connectivity index (χ1n) is 12.1. The molecule has 3 rings (SSSR count). The molecule has 0 saturated carbocycles. The second kappa shape index (κ2) is 16.3.